The van der Waals surface area contributed by atoms with Crippen LogP contribution in [0.25, 0.3) is 0 Å². The van der Waals surface area contributed by atoms with E-state index >= 15 is 0 Å². The van der Waals surface area contributed by atoms with E-state index in [9.17, 15) is 0 Å². The first kappa shape index (κ1) is 10.3. The van der Waals surface area contributed by atoms with Crippen molar-refractivity contribution in [2.75, 3.05) is 23.3 Å². The summed E-state index contributed by atoms with van der Waals surface area (Å²) in [4.78, 5) is 2.37. The van der Waals surface area contributed by atoms with Gasteiger partial charge in [-0.15, -0.1) is 0 Å². The maximum atomic E-state index is 9.13. The number of nitrogens with one attached hydrogen (secondary N) is 1. The number of aliphatic hydroxyl groups is 1. The summed E-state index contributed by atoms with van der Waals surface area (Å²) in [6.45, 7) is 6.52. The van der Waals surface area contributed by atoms with Crippen LogP contribution in [0.15, 0.2) is 18.2 Å². The van der Waals surface area contributed by atoms with E-state index in [4.69, 9.17) is 5.11 Å². The fourth-order valence-electron chi connectivity index (χ4n) is 2.03. The molecule has 0 saturated carbocycles. The second-order valence-electron chi connectivity index (χ2n) is 4.22. The third kappa shape index (κ3) is 1.92. The molecule has 0 unspecified atom stereocenters. The Bertz CT molecular complexity index is 349. The van der Waals surface area contributed by atoms with Gasteiger partial charge in [0.15, 0.2) is 0 Å². The second kappa shape index (κ2) is 4.11. The lowest BCUT2D eigenvalue weighted by Gasteiger charge is -2.35. The van der Waals surface area contributed by atoms with Crippen molar-refractivity contribution in [1.29, 1.82) is 0 Å². The van der Waals surface area contributed by atoms with Crippen molar-refractivity contribution < 1.29 is 5.11 Å². The molecule has 15 heavy (non-hydrogen) atoms. The van der Waals surface area contributed by atoms with Crippen LogP contribution in [0.2, 0.25) is 0 Å². The zero-order valence-electron chi connectivity index (χ0n) is 9.33. The number of nitrogens with zero attached hydrogens (tertiary/aromatic N) is 1. The van der Waals surface area contributed by atoms with Gasteiger partial charge in [0.25, 0.3) is 0 Å². The van der Waals surface area contributed by atoms with E-state index in [1.165, 1.54) is 11.4 Å². The molecular formula is C12H18N2O. The number of benzene rings is 1. The Balaban J connectivity index is 2.39. The minimum absolute atomic E-state index is 0.110. The fourth-order valence-corrected chi connectivity index (χ4v) is 2.03. The molecule has 3 heteroatoms. The van der Waals surface area contributed by atoms with E-state index < -0.39 is 0 Å². The van der Waals surface area contributed by atoms with E-state index in [1.807, 2.05) is 6.07 Å². The topological polar surface area (TPSA) is 35.5 Å². The van der Waals surface area contributed by atoms with Crippen molar-refractivity contribution in [3.05, 3.63) is 23.8 Å². The summed E-state index contributed by atoms with van der Waals surface area (Å²) in [5.74, 6) is 0. The van der Waals surface area contributed by atoms with Crippen molar-refractivity contribution in [3.8, 4) is 0 Å². The molecule has 1 aromatic rings. The van der Waals surface area contributed by atoms with Crippen LogP contribution in [0.1, 0.15) is 19.4 Å². The Morgan fingerprint density at radius 3 is 2.93 bits per heavy atom. The van der Waals surface area contributed by atoms with Crippen LogP contribution >= 0.6 is 0 Å². The molecule has 0 aromatic heterocycles. The summed E-state index contributed by atoms with van der Waals surface area (Å²) in [5, 5.41) is 12.5. The highest BCUT2D eigenvalue weighted by Gasteiger charge is 2.18. The average Bonchev–Trinajstić information content (AvgIpc) is 2.27. The fraction of sp³-hybridized carbons (Fsp3) is 0.500. The van der Waals surface area contributed by atoms with Crippen LogP contribution in [-0.4, -0.2) is 24.2 Å². The molecule has 0 aliphatic carbocycles. The van der Waals surface area contributed by atoms with Crippen LogP contribution in [0, 0.1) is 0 Å². The number of hydrogen-bond donors (Lipinski definition) is 2. The van der Waals surface area contributed by atoms with Gasteiger partial charge in [0.05, 0.1) is 18.0 Å². The van der Waals surface area contributed by atoms with E-state index in [-0.39, 0.29) is 6.61 Å². The van der Waals surface area contributed by atoms with Gasteiger partial charge in [0.1, 0.15) is 0 Å². The van der Waals surface area contributed by atoms with Gasteiger partial charge in [-0.1, -0.05) is 6.07 Å². The predicted octanol–water partition coefficient (Wildman–Crippen LogP) is 1.82. The van der Waals surface area contributed by atoms with Crippen molar-refractivity contribution in [3.63, 3.8) is 0 Å². The Kier molecular flexibility index (Phi) is 2.82. The molecule has 1 heterocycles. The molecule has 1 aromatic carbocycles. The second-order valence-corrected chi connectivity index (χ2v) is 4.22. The van der Waals surface area contributed by atoms with Crippen molar-refractivity contribution in [2.45, 2.75) is 26.5 Å². The zero-order chi connectivity index (χ0) is 10.8. The van der Waals surface area contributed by atoms with Crippen LogP contribution in [0.5, 0.6) is 0 Å². The van der Waals surface area contributed by atoms with Gasteiger partial charge in [0.2, 0.25) is 0 Å². The van der Waals surface area contributed by atoms with Crippen LogP contribution in [0.3, 0.4) is 0 Å². The highest BCUT2D eigenvalue weighted by Crippen LogP contribution is 2.31. The molecule has 0 amide bonds. The molecule has 2 rings (SSSR count). The number of aliphatic hydroxyl groups excluding tert-OH is 1. The molecule has 1 aliphatic heterocycles. The summed E-state index contributed by atoms with van der Waals surface area (Å²) in [6, 6.07) is 6.59. The standard InChI is InChI=1S/C12H18N2O/c1-9(2)14-6-5-13-11-4-3-10(8-15)7-12(11)14/h3-4,7,9,13,15H,5-6,8H2,1-2H3. The van der Waals surface area contributed by atoms with E-state index in [0.29, 0.717) is 6.04 Å². The minimum atomic E-state index is 0.110. The van der Waals surface area contributed by atoms with Crippen LogP contribution in [0.4, 0.5) is 11.4 Å². The Morgan fingerprint density at radius 2 is 2.27 bits per heavy atom. The molecule has 82 valence electrons. The number of hydrogen-bond acceptors (Lipinski definition) is 3. The van der Waals surface area contributed by atoms with E-state index in [2.05, 4.69) is 36.2 Å². The first-order valence-corrected chi connectivity index (χ1v) is 5.46. The summed E-state index contributed by atoms with van der Waals surface area (Å²) in [7, 11) is 0. The van der Waals surface area contributed by atoms with Gasteiger partial charge in [-0.3, -0.25) is 0 Å². The first-order valence-electron chi connectivity index (χ1n) is 5.46. The molecule has 0 atom stereocenters. The number of rotatable bonds is 2. The lowest BCUT2D eigenvalue weighted by Crippen LogP contribution is -2.38. The molecule has 0 spiro atoms. The molecule has 3 nitrogen and oxygen atoms in total. The maximum absolute atomic E-state index is 9.13. The van der Waals surface area contributed by atoms with Crippen molar-refractivity contribution >= 4 is 11.4 Å². The molecule has 0 bridgehead atoms. The van der Waals surface area contributed by atoms with Gasteiger partial charge < -0.3 is 15.3 Å². The Morgan fingerprint density at radius 1 is 1.47 bits per heavy atom. The summed E-state index contributed by atoms with van der Waals surface area (Å²) >= 11 is 0. The molecule has 2 N–H and O–H groups in total. The van der Waals surface area contributed by atoms with Crippen LogP contribution in [-0.2, 0) is 6.61 Å². The molecule has 0 radical (unpaired) electrons. The van der Waals surface area contributed by atoms with Crippen molar-refractivity contribution in [2.24, 2.45) is 0 Å². The lowest BCUT2D eigenvalue weighted by atomic mass is 10.1. The summed E-state index contributed by atoms with van der Waals surface area (Å²) in [6.07, 6.45) is 0. The van der Waals surface area contributed by atoms with E-state index in [1.54, 1.807) is 0 Å². The average molecular weight is 206 g/mol. The molecule has 0 fully saturated rings. The number of fused-ring (bicyclic) bond motifs is 1. The smallest absolute Gasteiger partial charge is 0.0682 e. The predicted molar refractivity (Wildman–Crippen MR) is 63.3 cm³/mol. The first-order chi connectivity index (χ1) is 7.22. The summed E-state index contributed by atoms with van der Waals surface area (Å²) in [5.41, 5.74) is 3.36. The third-order valence-corrected chi connectivity index (χ3v) is 2.85. The van der Waals surface area contributed by atoms with Gasteiger partial charge in [0, 0.05) is 19.1 Å². The Hall–Kier alpha value is -1.22. The summed E-state index contributed by atoms with van der Waals surface area (Å²) < 4.78 is 0. The van der Waals surface area contributed by atoms with Gasteiger partial charge in [-0.2, -0.15) is 0 Å². The quantitative estimate of drug-likeness (QED) is 0.774. The molecular weight excluding hydrogens is 188 g/mol. The zero-order valence-corrected chi connectivity index (χ0v) is 9.33. The largest absolute Gasteiger partial charge is 0.392 e. The lowest BCUT2D eigenvalue weighted by molar-refractivity contribution is 0.282. The molecule has 1 aliphatic rings. The van der Waals surface area contributed by atoms with Crippen LogP contribution < -0.4 is 10.2 Å². The SMILES string of the molecule is CC(C)N1CCNc2ccc(CO)cc21. The maximum Gasteiger partial charge on any atom is 0.0682 e. The van der Waals surface area contributed by atoms with Crippen molar-refractivity contribution in [1.82, 2.24) is 0 Å². The highest BCUT2D eigenvalue weighted by molar-refractivity contribution is 5.73. The van der Waals surface area contributed by atoms with Gasteiger partial charge in [-0.25, -0.2) is 0 Å². The monoisotopic (exact) mass is 206 g/mol. The highest BCUT2D eigenvalue weighted by atomic mass is 16.3. The van der Waals surface area contributed by atoms with Gasteiger partial charge >= 0.3 is 0 Å². The third-order valence-electron chi connectivity index (χ3n) is 2.85. The minimum Gasteiger partial charge on any atom is -0.392 e. The Labute approximate surface area is 90.7 Å². The molecule has 0 saturated heterocycles. The normalized spacial score (nSPS) is 15.1. The van der Waals surface area contributed by atoms with E-state index in [0.717, 1.165) is 18.7 Å². The number of anilines is 2. The van der Waals surface area contributed by atoms with Gasteiger partial charge in [-0.05, 0) is 31.5 Å².